The molecule has 0 aromatic heterocycles. The molecule has 0 spiro atoms. The van der Waals surface area contributed by atoms with Crippen LogP contribution in [0.1, 0.15) is 72.6 Å². The number of aliphatic hydroxyl groups is 1. The van der Waals surface area contributed by atoms with Crippen LogP contribution in [-0.4, -0.2) is 58.8 Å². The summed E-state index contributed by atoms with van der Waals surface area (Å²) in [5.41, 5.74) is -0.608. The fourth-order valence-corrected chi connectivity index (χ4v) is 7.05. The summed E-state index contributed by atoms with van der Waals surface area (Å²) in [6.07, 6.45) is 5.85. The Hall–Kier alpha value is -1.14. The third-order valence-electron chi connectivity index (χ3n) is 9.16. The first-order valence-corrected chi connectivity index (χ1v) is 11.5. The number of nitrogens with zero attached hydrogens (tertiary/aromatic N) is 1. The van der Waals surface area contributed by atoms with Gasteiger partial charge in [0, 0.05) is 30.3 Å². The molecule has 6 nitrogen and oxygen atoms in total. The SMILES string of the molecule is CCC12CCC(CC1(O)[C@@H](C)CNC(=O)C1CCN(CCC(=O)O)CC1)C2(C)C. The highest BCUT2D eigenvalue weighted by Crippen LogP contribution is 2.72. The van der Waals surface area contributed by atoms with E-state index in [4.69, 9.17) is 5.11 Å². The lowest BCUT2D eigenvalue weighted by Gasteiger charge is -2.50. The second-order valence-corrected chi connectivity index (χ2v) is 10.4. The molecule has 1 heterocycles. The molecule has 0 aromatic rings. The topological polar surface area (TPSA) is 89.9 Å². The number of fused-ring (bicyclic) bond motifs is 2. The molecule has 6 heteroatoms. The van der Waals surface area contributed by atoms with Crippen LogP contribution in [0, 0.1) is 28.6 Å². The van der Waals surface area contributed by atoms with Crippen LogP contribution < -0.4 is 5.32 Å². The van der Waals surface area contributed by atoms with E-state index < -0.39 is 11.6 Å². The molecule has 3 aliphatic rings. The fraction of sp³-hybridized carbons (Fsp3) is 0.913. The number of rotatable bonds is 8. The highest BCUT2D eigenvalue weighted by atomic mass is 16.4. The number of carboxylic acids is 1. The number of carbonyl (C=O) groups is 2. The molecule has 166 valence electrons. The molecule has 4 atom stereocenters. The summed E-state index contributed by atoms with van der Waals surface area (Å²) in [4.78, 5) is 25.6. The van der Waals surface area contributed by atoms with Gasteiger partial charge in [-0.05, 0) is 62.9 Å². The van der Waals surface area contributed by atoms with Crippen molar-refractivity contribution in [2.24, 2.45) is 28.6 Å². The van der Waals surface area contributed by atoms with E-state index in [0.717, 1.165) is 45.2 Å². The summed E-state index contributed by atoms with van der Waals surface area (Å²) in [6, 6.07) is 0. The second kappa shape index (κ2) is 8.18. The maximum absolute atomic E-state index is 12.7. The van der Waals surface area contributed by atoms with Gasteiger partial charge >= 0.3 is 5.97 Å². The van der Waals surface area contributed by atoms with Gasteiger partial charge in [-0.1, -0.05) is 27.7 Å². The zero-order valence-corrected chi connectivity index (χ0v) is 18.7. The number of aliphatic carboxylic acids is 1. The van der Waals surface area contributed by atoms with Gasteiger partial charge in [0.15, 0.2) is 0 Å². The molecule has 2 bridgehead atoms. The lowest BCUT2D eigenvalue weighted by Crippen LogP contribution is -2.55. The standard InChI is InChI=1S/C23H40N2O4/c1-5-22-10-6-18(21(22,3)4)14-23(22,29)16(2)15-24-20(28)17-7-11-25(12-8-17)13-9-19(26)27/h16-18,29H,5-15H2,1-4H3,(H,24,28)(H,26,27)/t16-,18?,22?,23?/m0/s1. The van der Waals surface area contributed by atoms with E-state index >= 15 is 0 Å². The van der Waals surface area contributed by atoms with Crippen LogP contribution in [0.2, 0.25) is 0 Å². The maximum atomic E-state index is 12.7. The molecule has 3 unspecified atom stereocenters. The predicted octanol–water partition coefficient (Wildman–Crippen LogP) is 2.89. The number of carboxylic acid groups (broad SMARTS) is 1. The molecule has 1 saturated heterocycles. The molecular weight excluding hydrogens is 368 g/mol. The third-order valence-corrected chi connectivity index (χ3v) is 9.16. The number of likely N-dealkylation sites (tertiary alicyclic amines) is 1. The molecular formula is C23H40N2O4. The smallest absolute Gasteiger partial charge is 0.304 e. The average molecular weight is 409 g/mol. The predicted molar refractivity (Wildman–Crippen MR) is 112 cm³/mol. The van der Waals surface area contributed by atoms with Gasteiger partial charge in [-0.25, -0.2) is 0 Å². The van der Waals surface area contributed by atoms with Gasteiger partial charge in [0.1, 0.15) is 0 Å². The van der Waals surface area contributed by atoms with E-state index in [0.29, 0.717) is 19.0 Å². The van der Waals surface area contributed by atoms with Crippen LogP contribution in [0.4, 0.5) is 0 Å². The molecule has 2 saturated carbocycles. The number of hydrogen-bond donors (Lipinski definition) is 3. The number of carbonyl (C=O) groups excluding carboxylic acids is 1. The van der Waals surface area contributed by atoms with Crippen LogP contribution >= 0.6 is 0 Å². The van der Waals surface area contributed by atoms with Crippen LogP contribution in [0.5, 0.6) is 0 Å². The first-order valence-electron chi connectivity index (χ1n) is 11.5. The summed E-state index contributed by atoms with van der Waals surface area (Å²) >= 11 is 0. The molecule has 3 fully saturated rings. The fourth-order valence-electron chi connectivity index (χ4n) is 7.05. The average Bonchev–Trinajstić information content (AvgIpc) is 3.04. The summed E-state index contributed by atoms with van der Waals surface area (Å²) in [5.74, 6) is -0.0846. The van der Waals surface area contributed by atoms with Crippen LogP contribution in [0.25, 0.3) is 0 Å². The monoisotopic (exact) mass is 408 g/mol. The Balaban J connectivity index is 1.52. The molecule has 2 aliphatic carbocycles. The largest absolute Gasteiger partial charge is 0.481 e. The first-order chi connectivity index (χ1) is 13.6. The van der Waals surface area contributed by atoms with E-state index in [1.54, 1.807) is 0 Å². The number of amides is 1. The number of piperidine rings is 1. The van der Waals surface area contributed by atoms with Gasteiger partial charge < -0.3 is 20.4 Å². The molecule has 3 N–H and O–H groups in total. The van der Waals surface area contributed by atoms with Crippen molar-refractivity contribution in [3.05, 3.63) is 0 Å². The highest BCUT2D eigenvalue weighted by Gasteiger charge is 2.70. The van der Waals surface area contributed by atoms with E-state index in [-0.39, 0.29) is 35.0 Å². The summed E-state index contributed by atoms with van der Waals surface area (Å²) in [6.45, 7) is 11.6. The number of hydrogen-bond acceptors (Lipinski definition) is 4. The maximum Gasteiger partial charge on any atom is 0.304 e. The van der Waals surface area contributed by atoms with Gasteiger partial charge in [0.05, 0.1) is 12.0 Å². The van der Waals surface area contributed by atoms with Crippen molar-refractivity contribution in [3.63, 3.8) is 0 Å². The van der Waals surface area contributed by atoms with Crippen molar-refractivity contribution in [2.45, 2.75) is 78.2 Å². The quantitative estimate of drug-likeness (QED) is 0.575. The van der Waals surface area contributed by atoms with E-state index in [1.165, 1.54) is 6.42 Å². The van der Waals surface area contributed by atoms with Gasteiger partial charge in [-0.2, -0.15) is 0 Å². The van der Waals surface area contributed by atoms with Gasteiger partial charge in [0.2, 0.25) is 5.91 Å². The van der Waals surface area contributed by atoms with Crippen molar-refractivity contribution < 1.29 is 19.8 Å². The van der Waals surface area contributed by atoms with Crippen molar-refractivity contribution in [1.29, 1.82) is 0 Å². The molecule has 1 amide bonds. The Labute approximate surface area is 175 Å². The lowest BCUT2D eigenvalue weighted by atomic mass is 9.58. The minimum Gasteiger partial charge on any atom is -0.481 e. The molecule has 29 heavy (non-hydrogen) atoms. The Morgan fingerprint density at radius 3 is 2.41 bits per heavy atom. The van der Waals surface area contributed by atoms with Gasteiger partial charge in [-0.15, -0.1) is 0 Å². The van der Waals surface area contributed by atoms with E-state index in [1.807, 2.05) is 0 Å². The number of nitrogens with one attached hydrogen (secondary N) is 1. The van der Waals surface area contributed by atoms with Crippen molar-refractivity contribution in [2.75, 3.05) is 26.2 Å². The van der Waals surface area contributed by atoms with E-state index in [9.17, 15) is 14.7 Å². The first kappa shape index (κ1) is 22.5. The van der Waals surface area contributed by atoms with Crippen molar-refractivity contribution in [3.8, 4) is 0 Å². The molecule has 0 radical (unpaired) electrons. The second-order valence-electron chi connectivity index (χ2n) is 10.4. The Morgan fingerprint density at radius 1 is 1.21 bits per heavy atom. The minimum atomic E-state index is -0.773. The van der Waals surface area contributed by atoms with Crippen LogP contribution in [0.3, 0.4) is 0 Å². The molecule has 1 aliphatic heterocycles. The Bertz CT molecular complexity index is 628. The van der Waals surface area contributed by atoms with Crippen LogP contribution in [-0.2, 0) is 9.59 Å². The Kier molecular flexibility index (Phi) is 6.36. The third kappa shape index (κ3) is 3.71. The zero-order valence-electron chi connectivity index (χ0n) is 18.7. The molecule has 3 rings (SSSR count). The minimum absolute atomic E-state index is 0.00507. The summed E-state index contributed by atoms with van der Waals surface area (Å²) < 4.78 is 0. The molecule has 0 aromatic carbocycles. The van der Waals surface area contributed by atoms with Gasteiger partial charge in [0.25, 0.3) is 0 Å². The zero-order chi connectivity index (χ0) is 21.4. The normalized spacial score (nSPS) is 35.6. The lowest BCUT2D eigenvalue weighted by molar-refractivity contribution is -0.140. The summed E-state index contributed by atoms with van der Waals surface area (Å²) in [5, 5.41) is 23.7. The van der Waals surface area contributed by atoms with Gasteiger partial charge in [-0.3, -0.25) is 9.59 Å². The van der Waals surface area contributed by atoms with Crippen LogP contribution in [0.15, 0.2) is 0 Å². The summed E-state index contributed by atoms with van der Waals surface area (Å²) in [7, 11) is 0. The Morgan fingerprint density at radius 2 is 1.86 bits per heavy atom. The van der Waals surface area contributed by atoms with E-state index in [2.05, 4.69) is 37.9 Å². The van der Waals surface area contributed by atoms with Crippen molar-refractivity contribution in [1.82, 2.24) is 10.2 Å². The highest BCUT2D eigenvalue weighted by molar-refractivity contribution is 5.78. The van der Waals surface area contributed by atoms with Crippen molar-refractivity contribution >= 4 is 11.9 Å².